The lowest BCUT2D eigenvalue weighted by Gasteiger charge is -2.32. The normalized spacial score (nSPS) is 16.4. The Balaban J connectivity index is 1.94. The standard InChI is InChI=1S/C16H23ClN2O/c1-3-18-11-13-6-8-19(9-7-13)16(20)14-5-4-12(2)10-15(14)17/h4-5,10,13,18H,3,6-9,11H2,1-2H3. The van der Waals surface area contributed by atoms with Gasteiger partial charge in [-0.1, -0.05) is 24.6 Å². The fourth-order valence-electron chi connectivity index (χ4n) is 2.65. The second-order valence-corrected chi connectivity index (χ2v) is 5.93. The van der Waals surface area contributed by atoms with E-state index in [2.05, 4.69) is 12.2 Å². The number of carbonyl (C=O) groups is 1. The third-order valence-electron chi connectivity index (χ3n) is 3.94. The minimum absolute atomic E-state index is 0.0666. The quantitative estimate of drug-likeness (QED) is 0.925. The Bertz CT molecular complexity index is 468. The van der Waals surface area contributed by atoms with E-state index in [4.69, 9.17) is 11.6 Å². The smallest absolute Gasteiger partial charge is 0.255 e. The Morgan fingerprint density at radius 3 is 2.70 bits per heavy atom. The number of aryl methyl sites for hydroxylation is 1. The van der Waals surface area contributed by atoms with Crippen molar-refractivity contribution < 1.29 is 4.79 Å². The Labute approximate surface area is 126 Å². The summed E-state index contributed by atoms with van der Waals surface area (Å²) in [6, 6.07) is 5.63. The molecule has 1 N–H and O–H groups in total. The molecule has 1 aliphatic rings. The van der Waals surface area contributed by atoms with Crippen molar-refractivity contribution >= 4 is 17.5 Å². The number of likely N-dealkylation sites (tertiary alicyclic amines) is 1. The molecule has 0 aliphatic carbocycles. The average Bonchev–Trinajstić information content (AvgIpc) is 2.45. The van der Waals surface area contributed by atoms with Gasteiger partial charge in [0.15, 0.2) is 0 Å². The zero-order valence-corrected chi connectivity index (χ0v) is 13.0. The monoisotopic (exact) mass is 294 g/mol. The van der Waals surface area contributed by atoms with Crippen LogP contribution in [0.25, 0.3) is 0 Å². The van der Waals surface area contributed by atoms with E-state index in [9.17, 15) is 4.79 Å². The van der Waals surface area contributed by atoms with Crippen molar-refractivity contribution in [3.63, 3.8) is 0 Å². The van der Waals surface area contributed by atoms with Gasteiger partial charge in [-0.25, -0.2) is 0 Å². The number of carbonyl (C=O) groups excluding carboxylic acids is 1. The molecule has 0 unspecified atom stereocenters. The van der Waals surface area contributed by atoms with Crippen molar-refractivity contribution in [1.82, 2.24) is 10.2 Å². The summed E-state index contributed by atoms with van der Waals surface area (Å²) in [6.07, 6.45) is 2.14. The molecule has 0 saturated carbocycles. The van der Waals surface area contributed by atoms with Gasteiger partial charge in [-0.2, -0.15) is 0 Å². The Morgan fingerprint density at radius 2 is 2.10 bits per heavy atom. The van der Waals surface area contributed by atoms with Gasteiger partial charge < -0.3 is 10.2 Å². The van der Waals surface area contributed by atoms with Gasteiger partial charge >= 0.3 is 0 Å². The Kier molecular flexibility index (Phi) is 5.44. The molecule has 2 rings (SSSR count). The van der Waals surface area contributed by atoms with Crippen LogP contribution in [-0.4, -0.2) is 37.0 Å². The first-order chi connectivity index (χ1) is 9.61. The average molecular weight is 295 g/mol. The van der Waals surface area contributed by atoms with E-state index in [1.165, 1.54) is 0 Å². The maximum atomic E-state index is 12.5. The van der Waals surface area contributed by atoms with Crippen LogP contribution >= 0.6 is 11.6 Å². The van der Waals surface area contributed by atoms with Crippen molar-refractivity contribution in [2.45, 2.75) is 26.7 Å². The summed E-state index contributed by atoms with van der Waals surface area (Å²) >= 11 is 6.18. The van der Waals surface area contributed by atoms with Crippen molar-refractivity contribution in [2.24, 2.45) is 5.92 Å². The summed E-state index contributed by atoms with van der Waals surface area (Å²) in [6.45, 7) is 7.84. The molecule has 1 saturated heterocycles. The minimum atomic E-state index is 0.0666. The first-order valence-corrected chi connectivity index (χ1v) is 7.75. The summed E-state index contributed by atoms with van der Waals surface area (Å²) in [4.78, 5) is 14.4. The highest BCUT2D eigenvalue weighted by atomic mass is 35.5. The van der Waals surface area contributed by atoms with E-state index >= 15 is 0 Å². The van der Waals surface area contributed by atoms with Crippen molar-refractivity contribution in [1.29, 1.82) is 0 Å². The fraction of sp³-hybridized carbons (Fsp3) is 0.562. The number of hydrogen-bond donors (Lipinski definition) is 1. The number of piperidine rings is 1. The van der Waals surface area contributed by atoms with Crippen LogP contribution < -0.4 is 5.32 Å². The van der Waals surface area contributed by atoms with Crippen molar-refractivity contribution in [2.75, 3.05) is 26.2 Å². The molecule has 0 radical (unpaired) electrons. The number of rotatable bonds is 4. The first kappa shape index (κ1) is 15.3. The molecule has 0 bridgehead atoms. The molecule has 20 heavy (non-hydrogen) atoms. The van der Waals surface area contributed by atoms with Crippen LogP contribution in [0.4, 0.5) is 0 Å². The SMILES string of the molecule is CCNCC1CCN(C(=O)c2ccc(C)cc2Cl)CC1. The van der Waals surface area contributed by atoms with Crippen LogP contribution in [0.15, 0.2) is 18.2 Å². The molecule has 0 atom stereocenters. The van der Waals surface area contributed by atoms with Gasteiger partial charge in [-0.3, -0.25) is 4.79 Å². The molecule has 3 nitrogen and oxygen atoms in total. The summed E-state index contributed by atoms with van der Waals surface area (Å²) in [7, 11) is 0. The number of nitrogens with zero attached hydrogens (tertiary/aromatic N) is 1. The van der Waals surface area contributed by atoms with E-state index in [-0.39, 0.29) is 5.91 Å². The molecule has 1 aromatic carbocycles. The highest BCUT2D eigenvalue weighted by Crippen LogP contribution is 2.23. The van der Waals surface area contributed by atoms with Gasteiger partial charge in [0.1, 0.15) is 0 Å². The van der Waals surface area contributed by atoms with Gasteiger partial charge in [0.25, 0.3) is 5.91 Å². The van der Waals surface area contributed by atoms with E-state index in [1.54, 1.807) is 0 Å². The predicted octanol–water partition coefficient (Wildman–Crippen LogP) is 3.11. The molecule has 1 heterocycles. The predicted molar refractivity (Wildman–Crippen MR) is 83.4 cm³/mol. The van der Waals surface area contributed by atoms with Gasteiger partial charge in [0, 0.05) is 13.1 Å². The molecule has 0 spiro atoms. The second-order valence-electron chi connectivity index (χ2n) is 5.53. The number of hydrogen-bond acceptors (Lipinski definition) is 2. The Morgan fingerprint density at radius 1 is 1.40 bits per heavy atom. The van der Waals surface area contributed by atoms with E-state index in [0.29, 0.717) is 16.5 Å². The van der Waals surface area contributed by atoms with Crippen LogP contribution in [0.1, 0.15) is 35.7 Å². The molecule has 4 heteroatoms. The number of nitrogens with one attached hydrogen (secondary N) is 1. The third kappa shape index (κ3) is 3.74. The molecule has 1 aliphatic heterocycles. The van der Waals surface area contributed by atoms with E-state index < -0.39 is 0 Å². The molecular formula is C16H23ClN2O. The topological polar surface area (TPSA) is 32.3 Å². The summed E-state index contributed by atoms with van der Waals surface area (Å²) < 4.78 is 0. The molecular weight excluding hydrogens is 272 g/mol. The number of halogens is 1. The van der Waals surface area contributed by atoms with E-state index in [0.717, 1.165) is 44.6 Å². The number of benzene rings is 1. The summed E-state index contributed by atoms with van der Waals surface area (Å²) in [5.41, 5.74) is 1.71. The van der Waals surface area contributed by atoms with Gasteiger partial charge in [0.2, 0.25) is 0 Å². The maximum absolute atomic E-state index is 12.5. The Hall–Kier alpha value is -1.06. The lowest BCUT2D eigenvalue weighted by molar-refractivity contribution is 0.0690. The van der Waals surface area contributed by atoms with Crippen LogP contribution in [0.3, 0.4) is 0 Å². The van der Waals surface area contributed by atoms with Gasteiger partial charge in [0.05, 0.1) is 10.6 Å². The molecule has 110 valence electrons. The summed E-state index contributed by atoms with van der Waals surface area (Å²) in [5, 5.41) is 3.94. The lowest BCUT2D eigenvalue weighted by Crippen LogP contribution is -2.40. The highest BCUT2D eigenvalue weighted by Gasteiger charge is 2.24. The zero-order valence-electron chi connectivity index (χ0n) is 12.3. The highest BCUT2D eigenvalue weighted by molar-refractivity contribution is 6.33. The number of amides is 1. The molecule has 1 fully saturated rings. The zero-order chi connectivity index (χ0) is 14.5. The van der Waals surface area contributed by atoms with Crippen LogP contribution in [0.5, 0.6) is 0 Å². The van der Waals surface area contributed by atoms with E-state index in [1.807, 2.05) is 30.0 Å². The second kappa shape index (κ2) is 7.09. The largest absolute Gasteiger partial charge is 0.339 e. The van der Waals surface area contributed by atoms with Gasteiger partial charge in [-0.05, 0) is 56.5 Å². The molecule has 1 aromatic rings. The fourth-order valence-corrected chi connectivity index (χ4v) is 2.97. The van der Waals surface area contributed by atoms with Crippen LogP contribution in [-0.2, 0) is 0 Å². The molecule has 0 aromatic heterocycles. The third-order valence-corrected chi connectivity index (χ3v) is 4.25. The van der Waals surface area contributed by atoms with Crippen LogP contribution in [0, 0.1) is 12.8 Å². The van der Waals surface area contributed by atoms with Crippen molar-refractivity contribution in [3.8, 4) is 0 Å². The van der Waals surface area contributed by atoms with Gasteiger partial charge in [-0.15, -0.1) is 0 Å². The first-order valence-electron chi connectivity index (χ1n) is 7.38. The van der Waals surface area contributed by atoms with Crippen molar-refractivity contribution in [3.05, 3.63) is 34.3 Å². The summed E-state index contributed by atoms with van der Waals surface area (Å²) in [5.74, 6) is 0.754. The minimum Gasteiger partial charge on any atom is -0.339 e. The molecule has 1 amide bonds. The maximum Gasteiger partial charge on any atom is 0.255 e. The lowest BCUT2D eigenvalue weighted by atomic mass is 9.96. The van der Waals surface area contributed by atoms with Crippen LogP contribution in [0.2, 0.25) is 5.02 Å².